The molecule has 2 aromatic carbocycles. The Morgan fingerprint density at radius 2 is 1.49 bits per heavy atom. The molecular formula is C26H28N2O9. The lowest BCUT2D eigenvalue weighted by Gasteiger charge is -2.30. The van der Waals surface area contributed by atoms with Crippen LogP contribution in [0.5, 0.6) is 17.2 Å². The normalized spacial score (nSPS) is 15.0. The molecule has 0 saturated heterocycles. The zero-order valence-corrected chi connectivity index (χ0v) is 21.4. The van der Waals surface area contributed by atoms with Crippen molar-refractivity contribution in [3.05, 3.63) is 80.2 Å². The average Bonchev–Trinajstić information content (AvgIpc) is 2.89. The molecule has 1 atom stereocenters. The number of ether oxygens (including phenoxy) is 5. The minimum Gasteiger partial charge on any atom is -0.493 e. The van der Waals surface area contributed by atoms with Gasteiger partial charge in [0, 0.05) is 23.0 Å². The van der Waals surface area contributed by atoms with Crippen LogP contribution in [0.4, 0.5) is 5.69 Å². The van der Waals surface area contributed by atoms with Crippen LogP contribution in [-0.4, -0.2) is 45.3 Å². The number of nitrogens with one attached hydrogen (secondary N) is 1. The summed E-state index contributed by atoms with van der Waals surface area (Å²) in [6.07, 6.45) is 0. The number of esters is 2. The third-order valence-electron chi connectivity index (χ3n) is 5.92. The second-order valence-corrected chi connectivity index (χ2v) is 8.05. The average molecular weight is 513 g/mol. The van der Waals surface area contributed by atoms with Gasteiger partial charge < -0.3 is 29.0 Å². The Balaban J connectivity index is 2.05. The first kappa shape index (κ1) is 27.1. The molecule has 3 rings (SSSR count). The Labute approximate surface area is 213 Å². The zero-order valence-electron chi connectivity index (χ0n) is 21.4. The summed E-state index contributed by atoms with van der Waals surface area (Å²) in [4.78, 5) is 37.5. The van der Waals surface area contributed by atoms with Crippen LogP contribution in [0.1, 0.15) is 30.9 Å². The number of allylic oxidation sites excluding steroid dienone is 2. The topological polar surface area (TPSA) is 135 Å². The van der Waals surface area contributed by atoms with E-state index in [0.29, 0.717) is 34.2 Å². The number of carbonyl (C=O) groups is 2. The standard InChI is InChI=1S/C26H28N2O9/c1-14-21(25(29)36-6)23(17-9-7-8-10-18(17)28(31)32)22(15(2)27-14)26(30)37-13-16-11-19(33-3)24(35-5)20(12-16)34-4/h7-12,23,27H,13H2,1-6H3. The predicted molar refractivity (Wildman–Crippen MR) is 132 cm³/mol. The Morgan fingerprint density at radius 3 is 2.00 bits per heavy atom. The monoisotopic (exact) mass is 512 g/mol. The van der Waals surface area contributed by atoms with Crippen molar-refractivity contribution in [1.29, 1.82) is 0 Å². The Hall–Kier alpha value is -4.54. The first-order valence-electron chi connectivity index (χ1n) is 11.1. The van der Waals surface area contributed by atoms with Gasteiger partial charge >= 0.3 is 11.9 Å². The van der Waals surface area contributed by atoms with Crippen molar-refractivity contribution in [3.63, 3.8) is 0 Å². The maximum absolute atomic E-state index is 13.5. The Morgan fingerprint density at radius 1 is 0.919 bits per heavy atom. The van der Waals surface area contributed by atoms with Gasteiger partial charge in [0.1, 0.15) is 6.61 Å². The lowest BCUT2D eigenvalue weighted by Crippen LogP contribution is -2.32. The number of rotatable bonds is 9. The molecule has 0 aliphatic carbocycles. The molecule has 0 bridgehead atoms. The van der Waals surface area contributed by atoms with E-state index in [9.17, 15) is 19.7 Å². The molecule has 1 N–H and O–H groups in total. The lowest BCUT2D eigenvalue weighted by molar-refractivity contribution is -0.385. The van der Waals surface area contributed by atoms with Crippen LogP contribution < -0.4 is 19.5 Å². The van der Waals surface area contributed by atoms with Gasteiger partial charge in [0.25, 0.3) is 5.69 Å². The van der Waals surface area contributed by atoms with Gasteiger partial charge in [0.15, 0.2) is 11.5 Å². The molecule has 0 fully saturated rings. The highest BCUT2D eigenvalue weighted by Crippen LogP contribution is 2.43. The van der Waals surface area contributed by atoms with Crippen LogP contribution >= 0.6 is 0 Å². The molecule has 11 heteroatoms. The maximum Gasteiger partial charge on any atom is 0.337 e. The molecule has 1 aliphatic rings. The van der Waals surface area contributed by atoms with Gasteiger partial charge in [-0.15, -0.1) is 0 Å². The number of nitro groups is 1. The predicted octanol–water partition coefficient (Wildman–Crippen LogP) is 3.77. The molecule has 196 valence electrons. The van der Waals surface area contributed by atoms with E-state index in [1.165, 1.54) is 46.6 Å². The van der Waals surface area contributed by atoms with Gasteiger partial charge in [-0.25, -0.2) is 9.59 Å². The van der Waals surface area contributed by atoms with E-state index >= 15 is 0 Å². The SMILES string of the molecule is COC(=O)C1=C(C)NC(C)=C(C(=O)OCc2cc(OC)c(OC)c(OC)c2)C1c1ccccc1[N+](=O)[O-]. The van der Waals surface area contributed by atoms with Crippen LogP contribution in [0.25, 0.3) is 0 Å². The molecule has 11 nitrogen and oxygen atoms in total. The second kappa shape index (κ2) is 11.5. The third-order valence-corrected chi connectivity index (χ3v) is 5.92. The first-order chi connectivity index (χ1) is 17.7. The summed E-state index contributed by atoms with van der Waals surface area (Å²) in [6.45, 7) is 3.09. The highest BCUT2D eigenvalue weighted by molar-refractivity contribution is 6.00. The van der Waals surface area contributed by atoms with E-state index in [1.54, 1.807) is 32.0 Å². The summed E-state index contributed by atoms with van der Waals surface area (Å²) in [5.41, 5.74) is 1.39. The van der Waals surface area contributed by atoms with E-state index in [0.717, 1.165) is 0 Å². The summed E-state index contributed by atoms with van der Waals surface area (Å²) < 4.78 is 26.6. The molecule has 0 radical (unpaired) electrons. The number of hydrogen-bond acceptors (Lipinski definition) is 10. The Kier molecular flexibility index (Phi) is 8.38. The number of dihydropyridines is 1. The third kappa shape index (κ3) is 5.35. The van der Waals surface area contributed by atoms with Gasteiger partial charge in [-0.2, -0.15) is 0 Å². The van der Waals surface area contributed by atoms with Gasteiger partial charge in [-0.05, 0) is 31.5 Å². The molecule has 0 spiro atoms. The van der Waals surface area contributed by atoms with E-state index in [4.69, 9.17) is 23.7 Å². The van der Waals surface area contributed by atoms with Crippen LogP contribution in [0.3, 0.4) is 0 Å². The summed E-state index contributed by atoms with van der Waals surface area (Å²) >= 11 is 0. The number of carbonyl (C=O) groups excluding carboxylic acids is 2. The van der Waals surface area contributed by atoms with E-state index in [-0.39, 0.29) is 29.0 Å². The number of hydrogen-bond donors (Lipinski definition) is 1. The number of methoxy groups -OCH3 is 4. The fourth-order valence-corrected chi connectivity index (χ4v) is 4.30. The molecule has 0 amide bonds. The lowest BCUT2D eigenvalue weighted by atomic mass is 9.79. The highest BCUT2D eigenvalue weighted by atomic mass is 16.6. The van der Waals surface area contributed by atoms with E-state index in [1.807, 2.05) is 0 Å². The van der Waals surface area contributed by atoms with Crippen LogP contribution in [0, 0.1) is 10.1 Å². The fourth-order valence-electron chi connectivity index (χ4n) is 4.30. The molecule has 1 aliphatic heterocycles. The molecule has 1 heterocycles. The largest absolute Gasteiger partial charge is 0.493 e. The van der Waals surface area contributed by atoms with Gasteiger partial charge in [-0.3, -0.25) is 10.1 Å². The fraction of sp³-hybridized carbons (Fsp3) is 0.308. The van der Waals surface area contributed by atoms with E-state index < -0.39 is 22.8 Å². The summed E-state index contributed by atoms with van der Waals surface area (Å²) in [6, 6.07) is 9.20. The van der Waals surface area contributed by atoms with Crippen molar-refractivity contribution in [2.75, 3.05) is 28.4 Å². The number of nitrogens with zero attached hydrogens (tertiary/aromatic N) is 1. The van der Waals surface area contributed by atoms with E-state index in [2.05, 4.69) is 5.32 Å². The number of nitro benzene ring substituents is 1. The zero-order chi connectivity index (χ0) is 27.3. The molecule has 0 aromatic heterocycles. The molecule has 2 aromatic rings. The van der Waals surface area contributed by atoms with Gasteiger partial charge in [-0.1, -0.05) is 18.2 Å². The van der Waals surface area contributed by atoms with Crippen molar-refractivity contribution in [3.8, 4) is 17.2 Å². The second-order valence-electron chi connectivity index (χ2n) is 8.05. The first-order valence-corrected chi connectivity index (χ1v) is 11.1. The van der Waals surface area contributed by atoms with Crippen molar-refractivity contribution >= 4 is 17.6 Å². The van der Waals surface area contributed by atoms with Crippen LogP contribution in [-0.2, 0) is 25.7 Å². The quantitative estimate of drug-likeness (QED) is 0.300. The summed E-state index contributed by atoms with van der Waals surface area (Å²) in [5.74, 6) is -1.44. The molecule has 1 unspecified atom stereocenters. The molecule has 37 heavy (non-hydrogen) atoms. The summed E-state index contributed by atoms with van der Waals surface area (Å²) in [5, 5.41) is 14.8. The smallest absolute Gasteiger partial charge is 0.337 e. The van der Waals surface area contributed by atoms with Crippen LogP contribution in [0.15, 0.2) is 58.9 Å². The van der Waals surface area contributed by atoms with Crippen molar-refractivity contribution < 1.29 is 38.2 Å². The van der Waals surface area contributed by atoms with Crippen molar-refractivity contribution in [2.24, 2.45) is 0 Å². The van der Waals surface area contributed by atoms with Gasteiger partial charge in [0.05, 0.1) is 50.4 Å². The number of para-hydroxylation sites is 1. The molecular weight excluding hydrogens is 484 g/mol. The van der Waals surface area contributed by atoms with Crippen molar-refractivity contribution in [2.45, 2.75) is 26.4 Å². The Bertz CT molecular complexity index is 1270. The maximum atomic E-state index is 13.5. The minimum absolute atomic E-state index is 0.0488. The highest BCUT2D eigenvalue weighted by Gasteiger charge is 2.40. The summed E-state index contributed by atoms with van der Waals surface area (Å²) in [7, 11) is 5.61. The molecule has 0 saturated carbocycles. The van der Waals surface area contributed by atoms with Crippen molar-refractivity contribution in [1.82, 2.24) is 5.32 Å². The van der Waals surface area contributed by atoms with Crippen LogP contribution in [0.2, 0.25) is 0 Å². The minimum atomic E-state index is -1.09. The van der Waals surface area contributed by atoms with Gasteiger partial charge in [0.2, 0.25) is 5.75 Å². The number of benzene rings is 2.